The van der Waals surface area contributed by atoms with E-state index in [4.69, 9.17) is 4.74 Å². The molecule has 2 heteroatoms. The summed E-state index contributed by atoms with van der Waals surface area (Å²) in [4.78, 5) is 0. The zero-order valence-electron chi connectivity index (χ0n) is 10.8. The molecule has 1 unspecified atom stereocenters. The molecular formula is C16H18O2. The molecule has 0 fully saturated rings. The van der Waals surface area contributed by atoms with Gasteiger partial charge in [0.2, 0.25) is 0 Å². The molecule has 0 radical (unpaired) electrons. The Morgan fingerprint density at radius 3 is 2.00 bits per heavy atom. The Morgan fingerprint density at radius 1 is 0.944 bits per heavy atom. The molecule has 18 heavy (non-hydrogen) atoms. The number of ether oxygens (including phenoxy) is 1. The summed E-state index contributed by atoms with van der Waals surface area (Å²) in [7, 11) is 1.64. The molecule has 0 heterocycles. The third kappa shape index (κ3) is 2.24. The van der Waals surface area contributed by atoms with Crippen LogP contribution in [0.2, 0.25) is 0 Å². The predicted octanol–water partition coefficient (Wildman–Crippen LogP) is 3.34. The highest BCUT2D eigenvalue weighted by atomic mass is 16.5. The second kappa shape index (κ2) is 5.23. The van der Waals surface area contributed by atoms with Crippen LogP contribution in [0.4, 0.5) is 0 Å². The summed E-state index contributed by atoms with van der Waals surface area (Å²) in [5.74, 6) is 0.797. The van der Waals surface area contributed by atoms with Crippen molar-refractivity contribution in [3.8, 4) is 5.75 Å². The Hall–Kier alpha value is -1.80. The van der Waals surface area contributed by atoms with E-state index in [2.05, 4.69) is 0 Å². The van der Waals surface area contributed by atoms with Gasteiger partial charge in [-0.3, -0.25) is 0 Å². The summed E-state index contributed by atoms with van der Waals surface area (Å²) in [5, 5.41) is 10.9. The standard InChI is InChI=1S/C16H18O2/c1-3-16(17,13-7-5-4-6-8-13)14-9-11-15(18-2)12-10-14/h4-12,17H,3H2,1-2H3. The van der Waals surface area contributed by atoms with Crippen molar-refractivity contribution < 1.29 is 9.84 Å². The number of methoxy groups -OCH3 is 1. The van der Waals surface area contributed by atoms with E-state index in [1.165, 1.54) is 0 Å². The fourth-order valence-corrected chi connectivity index (χ4v) is 2.16. The first-order valence-corrected chi connectivity index (χ1v) is 6.13. The Kier molecular flexibility index (Phi) is 3.68. The van der Waals surface area contributed by atoms with Crippen LogP contribution in [-0.4, -0.2) is 12.2 Å². The zero-order valence-corrected chi connectivity index (χ0v) is 10.8. The zero-order chi connectivity index (χ0) is 13.0. The van der Waals surface area contributed by atoms with Crippen molar-refractivity contribution in [3.63, 3.8) is 0 Å². The van der Waals surface area contributed by atoms with Crippen LogP contribution >= 0.6 is 0 Å². The van der Waals surface area contributed by atoms with E-state index in [0.717, 1.165) is 16.9 Å². The highest BCUT2D eigenvalue weighted by Gasteiger charge is 2.29. The topological polar surface area (TPSA) is 29.5 Å². The van der Waals surface area contributed by atoms with E-state index in [1.54, 1.807) is 7.11 Å². The minimum Gasteiger partial charge on any atom is -0.497 e. The Morgan fingerprint density at radius 2 is 1.50 bits per heavy atom. The summed E-state index contributed by atoms with van der Waals surface area (Å²) in [6.07, 6.45) is 0.628. The fourth-order valence-electron chi connectivity index (χ4n) is 2.16. The molecule has 1 N–H and O–H groups in total. The van der Waals surface area contributed by atoms with Crippen LogP contribution in [0.5, 0.6) is 5.75 Å². The van der Waals surface area contributed by atoms with Gasteiger partial charge in [-0.15, -0.1) is 0 Å². The van der Waals surface area contributed by atoms with Crippen LogP contribution in [0.15, 0.2) is 54.6 Å². The number of benzene rings is 2. The number of rotatable bonds is 4. The van der Waals surface area contributed by atoms with Gasteiger partial charge in [-0.2, -0.15) is 0 Å². The lowest BCUT2D eigenvalue weighted by atomic mass is 9.84. The molecule has 0 aliphatic rings. The monoisotopic (exact) mass is 242 g/mol. The fraction of sp³-hybridized carbons (Fsp3) is 0.250. The van der Waals surface area contributed by atoms with Crippen molar-refractivity contribution in [1.29, 1.82) is 0 Å². The lowest BCUT2D eigenvalue weighted by Gasteiger charge is -2.28. The summed E-state index contributed by atoms with van der Waals surface area (Å²) in [6.45, 7) is 1.98. The molecule has 2 aromatic rings. The average molecular weight is 242 g/mol. The van der Waals surface area contributed by atoms with E-state index in [9.17, 15) is 5.11 Å². The molecule has 0 saturated heterocycles. The van der Waals surface area contributed by atoms with Crippen molar-refractivity contribution in [3.05, 3.63) is 65.7 Å². The van der Waals surface area contributed by atoms with Crippen molar-refractivity contribution >= 4 is 0 Å². The third-order valence-electron chi connectivity index (χ3n) is 3.33. The van der Waals surface area contributed by atoms with Crippen LogP contribution in [0.25, 0.3) is 0 Å². The minimum absolute atomic E-state index is 0.628. The highest BCUT2D eigenvalue weighted by molar-refractivity contribution is 5.38. The van der Waals surface area contributed by atoms with Crippen LogP contribution in [-0.2, 0) is 5.60 Å². The molecule has 0 bridgehead atoms. The van der Waals surface area contributed by atoms with Gasteiger partial charge in [-0.1, -0.05) is 49.4 Å². The van der Waals surface area contributed by atoms with Crippen molar-refractivity contribution in [1.82, 2.24) is 0 Å². The quantitative estimate of drug-likeness (QED) is 0.891. The lowest BCUT2D eigenvalue weighted by Crippen LogP contribution is -2.26. The van der Waals surface area contributed by atoms with E-state index >= 15 is 0 Å². The largest absolute Gasteiger partial charge is 0.497 e. The van der Waals surface area contributed by atoms with Gasteiger partial charge in [0.15, 0.2) is 0 Å². The molecule has 2 aromatic carbocycles. The van der Waals surface area contributed by atoms with Gasteiger partial charge in [0.1, 0.15) is 11.4 Å². The predicted molar refractivity (Wildman–Crippen MR) is 72.7 cm³/mol. The Balaban J connectivity index is 2.43. The van der Waals surface area contributed by atoms with Gasteiger partial charge in [-0.05, 0) is 29.7 Å². The molecule has 0 spiro atoms. The molecule has 2 nitrogen and oxygen atoms in total. The normalized spacial score (nSPS) is 13.9. The van der Waals surface area contributed by atoms with Crippen LogP contribution < -0.4 is 4.74 Å². The molecular weight excluding hydrogens is 224 g/mol. The maximum Gasteiger partial charge on any atom is 0.118 e. The Labute approximate surface area is 108 Å². The second-order valence-corrected chi connectivity index (χ2v) is 4.31. The van der Waals surface area contributed by atoms with Crippen molar-refractivity contribution in [2.75, 3.05) is 7.11 Å². The molecule has 1 atom stereocenters. The SMILES string of the molecule is CCC(O)(c1ccccc1)c1ccc(OC)cc1. The Bertz CT molecular complexity index is 490. The van der Waals surface area contributed by atoms with Gasteiger partial charge >= 0.3 is 0 Å². The second-order valence-electron chi connectivity index (χ2n) is 4.31. The average Bonchev–Trinajstić information content (AvgIpc) is 2.47. The summed E-state index contributed by atoms with van der Waals surface area (Å²) in [6, 6.07) is 17.3. The summed E-state index contributed by atoms with van der Waals surface area (Å²) >= 11 is 0. The molecule has 0 amide bonds. The maximum atomic E-state index is 10.9. The van der Waals surface area contributed by atoms with E-state index < -0.39 is 5.60 Å². The first kappa shape index (κ1) is 12.7. The smallest absolute Gasteiger partial charge is 0.118 e. The molecule has 2 rings (SSSR count). The first-order chi connectivity index (χ1) is 8.70. The van der Waals surface area contributed by atoms with E-state index in [-0.39, 0.29) is 0 Å². The van der Waals surface area contributed by atoms with Gasteiger partial charge < -0.3 is 9.84 Å². The molecule has 0 aliphatic heterocycles. The number of hydrogen-bond acceptors (Lipinski definition) is 2. The van der Waals surface area contributed by atoms with E-state index in [0.29, 0.717) is 6.42 Å². The minimum atomic E-state index is -0.937. The van der Waals surface area contributed by atoms with Crippen LogP contribution in [0, 0.1) is 0 Å². The lowest BCUT2D eigenvalue weighted by molar-refractivity contribution is 0.0765. The number of hydrogen-bond donors (Lipinski definition) is 1. The van der Waals surface area contributed by atoms with Gasteiger partial charge in [-0.25, -0.2) is 0 Å². The third-order valence-corrected chi connectivity index (χ3v) is 3.33. The van der Waals surface area contributed by atoms with Gasteiger partial charge in [0, 0.05) is 0 Å². The van der Waals surface area contributed by atoms with E-state index in [1.807, 2.05) is 61.5 Å². The van der Waals surface area contributed by atoms with Crippen molar-refractivity contribution in [2.24, 2.45) is 0 Å². The first-order valence-electron chi connectivity index (χ1n) is 6.13. The highest BCUT2D eigenvalue weighted by Crippen LogP contribution is 2.33. The molecule has 0 aliphatic carbocycles. The van der Waals surface area contributed by atoms with Crippen LogP contribution in [0.1, 0.15) is 24.5 Å². The van der Waals surface area contributed by atoms with Crippen molar-refractivity contribution in [2.45, 2.75) is 18.9 Å². The molecule has 0 aromatic heterocycles. The molecule has 94 valence electrons. The maximum absolute atomic E-state index is 10.9. The molecule has 0 saturated carbocycles. The van der Waals surface area contributed by atoms with Crippen LogP contribution in [0.3, 0.4) is 0 Å². The number of aliphatic hydroxyl groups is 1. The van der Waals surface area contributed by atoms with Gasteiger partial charge in [0.05, 0.1) is 7.11 Å². The summed E-state index contributed by atoms with van der Waals surface area (Å²) in [5.41, 5.74) is 0.864. The van der Waals surface area contributed by atoms with Gasteiger partial charge in [0.25, 0.3) is 0 Å². The summed E-state index contributed by atoms with van der Waals surface area (Å²) < 4.78 is 5.14.